The van der Waals surface area contributed by atoms with Crippen LogP contribution in [0, 0.1) is 11.8 Å². The molecule has 0 spiro atoms. The molecule has 128 valence electrons. The molecular weight excluding hydrogens is 292 g/mol. The number of ether oxygens (including phenoxy) is 1. The lowest BCUT2D eigenvalue weighted by Crippen LogP contribution is -2.52. The molecule has 1 aliphatic rings. The maximum absolute atomic E-state index is 12.0. The number of carbonyl (C=O) groups excluding carboxylic acids is 1. The highest BCUT2D eigenvalue weighted by atomic mass is 16.5. The summed E-state index contributed by atoms with van der Waals surface area (Å²) in [6.45, 7) is 7.25. The lowest BCUT2D eigenvalue weighted by atomic mass is 9.85. The zero-order valence-electron chi connectivity index (χ0n) is 14.1. The maximum Gasteiger partial charge on any atom is 0.407 e. The first kappa shape index (κ1) is 17.8. The molecule has 1 fully saturated rings. The van der Waals surface area contributed by atoms with Crippen molar-refractivity contribution in [2.24, 2.45) is 11.8 Å². The molecule has 5 heteroatoms. The summed E-state index contributed by atoms with van der Waals surface area (Å²) in [5.74, 6) is 1.08. The molecule has 1 heterocycles. The topological polar surface area (TPSA) is 61.8 Å². The van der Waals surface area contributed by atoms with Crippen LogP contribution in [0.3, 0.4) is 0 Å². The van der Waals surface area contributed by atoms with Crippen LogP contribution in [0.1, 0.15) is 25.8 Å². The smallest absolute Gasteiger partial charge is 0.407 e. The molecule has 2 rings (SSSR count). The van der Waals surface area contributed by atoms with Gasteiger partial charge in [-0.3, -0.25) is 4.90 Å². The number of likely N-dealkylation sites (tertiary alicyclic amines) is 1. The first-order chi connectivity index (χ1) is 11.1. The Balaban J connectivity index is 1.83. The van der Waals surface area contributed by atoms with Gasteiger partial charge < -0.3 is 15.2 Å². The molecule has 2 atom stereocenters. The van der Waals surface area contributed by atoms with E-state index in [1.165, 1.54) is 0 Å². The average Bonchev–Trinajstić information content (AvgIpc) is 2.54. The van der Waals surface area contributed by atoms with Crippen LogP contribution >= 0.6 is 0 Å². The number of alkyl carbamates (subject to hydrolysis) is 1. The Kier molecular flexibility index (Phi) is 6.86. The highest BCUT2D eigenvalue weighted by molar-refractivity contribution is 5.67. The zero-order valence-corrected chi connectivity index (χ0v) is 14.1. The van der Waals surface area contributed by atoms with Gasteiger partial charge in [-0.15, -0.1) is 0 Å². The van der Waals surface area contributed by atoms with Crippen LogP contribution in [-0.2, 0) is 11.3 Å². The standard InChI is InChI=1S/C18H28N2O3/c1-14(2)16-10-17(12-20(11-16)8-9-21)19-18(22)23-13-15-6-4-3-5-7-15/h3-7,14,16-17,21H,8-13H2,1-2H3,(H,19,22). The van der Waals surface area contributed by atoms with Gasteiger partial charge in [-0.1, -0.05) is 44.2 Å². The average molecular weight is 320 g/mol. The van der Waals surface area contributed by atoms with E-state index in [2.05, 4.69) is 24.1 Å². The first-order valence-electron chi connectivity index (χ1n) is 8.39. The van der Waals surface area contributed by atoms with Crippen LogP contribution in [0.2, 0.25) is 0 Å². The molecule has 1 aromatic carbocycles. The number of aliphatic hydroxyl groups excluding tert-OH is 1. The van der Waals surface area contributed by atoms with Gasteiger partial charge in [0.05, 0.1) is 6.61 Å². The summed E-state index contributed by atoms with van der Waals surface area (Å²) >= 11 is 0. The largest absolute Gasteiger partial charge is 0.445 e. The predicted molar refractivity (Wildman–Crippen MR) is 90.0 cm³/mol. The maximum atomic E-state index is 12.0. The minimum absolute atomic E-state index is 0.0750. The molecule has 0 aliphatic carbocycles. The normalized spacial score (nSPS) is 22.1. The minimum Gasteiger partial charge on any atom is -0.445 e. The second kappa shape index (κ2) is 8.89. The monoisotopic (exact) mass is 320 g/mol. The molecule has 2 N–H and O–H groups in total. The molecule has 0 bridgehead atoms. The molecule has 0 aromatic heterocycles. The number of nitrogens with zero attached hydrogens (tertiary/aromatic N) is 1. The fourth-order valence-electron chi connectivity index (χ4n) is 3.08. The number of piperidine rings is 1. The Morgan fingerprint density at radius 1 is 1.35 bits per heavy atom. The van der Waals surface area contributed by atoms with Gasteiger partial charge in [0.25, 0.3) is 0 Å². The number of β-amino-alcohol motifs (C(OH)–C–C–N with tert-alkyl or cyclic N) is 1. The second-order valence-electron chi connectivity index (χ2n) is 6.63. The van der Waals surface area contributed by atoms with Gasteiger partial charge in [-0.05, 0) is 23.8 Å². The molecule has 0 saturated carbocycles. The number of benzene rings is 1. The van der Waals surface area contributed by atoms with Crippen molar-refractivity contribution in [3.63, 3.8) is 0 Å². The van der Waals surface area contributed by atoms with Crippen LogP contribution < -0.4 is 5.32 Å². The van der Waals surface area contributed by atoms with E-state index < -0.39 is 0 Å². The number of aliphatic hydroxyl groups is 1. The van der Waals surface area contributed by atoms with Gasteiger partial charge in [0.15, 0.2) is 0 Å². The van der Waals surface area contributed by atoms with Crippen molar-refractivity contribution in [2.75, 3.05) is 26.2 Å². The fraction of sp³-hybridized carbons (Fsp3) is 0.611. The summed E-state index contributed by atoms with van der Waals surface area (Å²) in [6.07, 6.45) is 0.590. The van der Waals surface area contributed by atoms with Crippen LogP contribution in [0.15, 0.2) is 30.3 Å². The van der Waals surface area contributed by atoms with E-state index in [4.69, 9.17) is 9.84 Å². The van der Waals surface area contributed by atoms with Crippen molar-refractivity contribution >= 4 is 6.09 Å². The molecule has 23 heavy (non-hydrogen) atoms. The lowest BCUT2D eigenvalue weighted by Gasteiger charge is -2.39. The number of hydrogen-bond donors (Lipinski definition) is 2. The molecule has 1 aliphatic heterocycles. The summed E-state index contributed by atoms with van der Waals surface area (Å²) in [5.41, 5.74) is 0.980. The molecular formula is C18H28N2O3. The van der Waals surface area contributed by atoms with Gasteiger partial charge in [0.1, 0.15) is 6.61 Å². The third kappa shape index (κ3) is 5.84. The van der Waals surface area contributed by atoms with Crippen molar-refractivity contribution < 1.29 is 14.6 Å². The van der Waals surface area contributed by atoms with Crippen molar-refractivity contribution in [1.82, 2.24) is 10.2 Å². The second-order valence-corrected chi connectivity index (χ2v) is 6.63. The summed E-state index contributed by atoms with van der Waals surface area (Å²) in [7, 11) is 0. The van der Waals surface area contributed by atoms with Gasteiger partial charge in [0.2, 0.25) is 0 Å². The summed E-state index contributed by atoms with van der Waals surface area (Å²) in [5, 5.41) is 12.1. The van der Waals surface area contributed by atoms with E-state index in [0.717, 1.165) is 25.1 Å². The molecule has 5 nitrogen and oxygen atoms in total. The Morgan fingerprint density at radius 3 is 2.74 bits per heavy atom. The number of carbonyl (C=O) groups is 1. The lowest BCUT2D eigenvalue weighted by molar-refractivity contribution is 0.0865. The molecule has 1 amide bonds. The molecule has 2 unspecified atom stereocenters. The third-order valence-electron chi connectivity index (χ3n) is 4.45. The van der Waals surface area contributed by atoms with E-state index in [9.17, 15) is 4.79 Å². The number of nitrogens with one attached hydrogen (secondary N) is 1. The van der Waals surface area contributed by atoms with Crippen molar-refractivity contribution in [2.45, 2.75) is 32.9 Å². The van der Waals surface area contributed by atoms with Crippen molar-refractivity contribution in [1.29, 1.82) is 0 Å². The SMILES string of the molecule is CC(C)C1CC(NC(=O)OCc2ccccc2)CN(CCO)C1. The number of rotatable bonds is 6. The molecule has 1 aromatic rings. The van der Waals surface area contributed by atoms with Gasteiger partial charge in [0, 0.05) is 25.7 Å². The van der Waals surface area contributed by atoms with Crippen molar-refractivity contribution in [3.8, 4) is 0 Å². The molecule has 1 saturated heterocycles. The van der Waals surface area contributed by atoms with E-state index in [-0.39, 0.29) is 25.3 Å². The fourth-order valence-corrected chi connectivity index (χ4v) is 3.08. The highest BCUT2D eigenvalue weighted by Crippen LogP contribution is 2.23. The van der Waals surface area contributed by atoms with Gasteiger partial charge in [-0.25, -0.2) is 4.79 Å². The number of amides is 1. The van der Waals surface area contributed by atoms with Crippen LogP contribution in [0.5, 0.6) is 0 Å². The van der Waals surface area contributed by atoms with Gasteiger partial charge in [-0.2, -0.15) is 0 Å². The van der Waals surface area contributed by atoms with E-state index in [1.807, 2.05) is 30.3 Å². The number of hydrogen-bond acceptors (Lipinski definition) is 4. The zero-order chi connectivity index (χ0) is 16.7. The predicted octanol–water partition coefficient (Wildman–Crippen LogP) is 2.25. The van der Waals surface area contributed by atoms with E-state index in [0.29, 0.717) is 18.4 Å². The Hall–Kier alpha value is -1.59. The van der Waals surface area contributed by atoms with Crippen LogP contribution in [0.25, 0.3) is 0 Å². The summed E-state index contributed by atoms with van der Waals surface area (Å²) in [6, 6.07) is 9.74. The third-order valence-corrected chi connectivity index (χ3v) is 4.45. The quantitative estimate of drug-likeness (QED) is 0.844. The summed E-state index contributed by atoms with van der Waals surface area (Å²) < 4.78 is 5.30. The van der Waals surface area contributed by atoms with Crippen LogP contribution in [0.4, 0.5) is 4.79 Å². The Labute approximate surface area is 138 Å². The first-order valence-corrected chi connectivity index (χ1v) is 8.39. The molecule has 0 radical (unpaired) electrons. The van der Waals surface area contributed by atoms with Crippen LogP contribution in [-0.4, -0.2) is 48.4 Å². The van der Waals surface area contributed by atoms with E-state index in [1.54, 1.807) is 0 Å². The Morgan fingerprint density at radius 2 is 2.09 bits per heavy atom. The Bertz CT molecular complexity index is 478. The van der Waals surface area contributed by atoms with Gasteiger partial charge >= 0.3 is 6.09 Å². The highest BCUT2D eigenvalue weighted by Gasteiger charge is 2.29. The summed E-state index contributed by atoms with van der Waals surface area (Å²) in [4.78, 5) is 14.2. The minimum atomic E-state index is -0.368. The van der Waals surface area contributed by atoms with Crippen molar-refractivity contribution in [3.05, 3.63) is 35.9 Å². The van der Waals surface area contributed by atoms with E-state index >= 15 is 0 Å².